The van der Waals surface area contributed by atoms with E-state index in [1.807, 2.05) is 99.4 Å². The van der Waals surface area contributed by atoms with E-state index in [2.05, 4.69) is 18.3 Å². The zero-order chi connectivity index (χ0) is 48.9. The Hall–Kier alpha value is -5.83. The lowest BCUT2D eigenvalue weighted by molar-refractivity contribution is -0.141. The maximum absolute atomic E-state index is 17.8. The number of amides is 1. The second kappa shape index (κ2) is 18.6. The number of ether oxygens (including phenoxy) is 3. The summed E-state index contributed by atoms with van der Waals surface area (Å²) in [7, 11) is -3.08. The van der Waals surface area contributed by atoms with Crippen molar-refractivity contribution < 1.29 is 47.0 Å². The Bertz CT molecular complexity index is 2620. The van der Waals surface area contributed by atoms with Gasteiger partial charge in [-0.3, -0.25) is 14.5 Å². The Kier molecular flexibility index (Phi) is 13.3. The zero-order valence-electron chi connectivity index (χ0n) is 40.5. The van der Waals surface area contributed by atoms with Gasteiger partial charge in [0.2, 0.25) is 11.6 Å². The lowest BCUT2D eigenvalue weighted by Gasteiger charge is -2.55. The fourth-order valence-corrected chi connectivity index (χ4v) is 11.6. The third kappa shape index (κ3) is 8.75. The van der Waals surface area contributed by atoms with Crippen molar-refractivity contribution in [1.29, 1.82) is 0 Å². The second-order valence-corrected chi connectivity index (χ2v) is 25.7. The molecule has 8 rings (SSSR count). The topological polar surface area (TPSA) is 141 Å². The number of hydrogen-bond donors (Lipinski definition) is 1. The number of nitrogens with zero attached hydrogens (tertiary/aromatic N) is 3. The van der Waals surface area contributed by atoms with Gasteiger partial charge in [-0.2, -0.15) is 0 Å². The van der Waals surface area contributed by atoms with Gasteiger partial charge in [0.25, 0.3) is 5.88 Å². The molecule has 1 unspecified atom stereocenters. The van der Waals surface area contributed by atoms with E-state index in [0.29, 0.717) is 32.5 Å². The monoisotopic (exact) mass is 945 g/mol. The molecular formula is C54H64FN3O9Si. The van der Waals surface area contributed by atoms with Gasteiger partial charge in [0.05, 0.1) is 17.6 Å². The number of carbonyl (C=O) groups excluding carboxylic acids is 3. The van der Waals surface area contributed by atoms with E-state index in [4.69, 9.17) is 23.2 Å². The number of hydrogen-bond acceptors (Lipinski definition) is 11. The standard InChI is InChI=1S/C54H64FN3O9Si/c1-11-25-57(26-12-2)45-38-29-35-28-37-42(40(63-31-33-20-15-13-16-21-33)30-36(44(37)55)39-24-19-27-58(39)51(62)65-52(3,4)5)46(59)41(35)48(60)54(38,67-68(9,10)53(6,7)8)49(61)43-47(45)66-56-50(43)64-32-34-22-17-14-18-23-34/h11-18,20-23,30,35,38-39,45,59H,1-2,19,24-29,31-32H2,3-10H3/t35-,38-,39?,45-,54-/m0/s1. The summed E-state index contributed by atoms with van der Waals surface area (Å²) in [5.74, 6) is -3.86. The smallest absolute Gasteiger partial charge is 0.410 e. The average molecular weight is 946 g/mol. The summed E-state index contributed by atoms with van der Waals surface area (Å²) in [5.41, 5.74) is -0.948. The number of aliphatic hydroxyl groups is 1. The third-order valence-electron chi connectivity index (χ3n) is 14.3. The molecule has 3 aromatic carbocycles. The van der Waals surface area contributed by atoms with E-state index in [1.54, 1.807) is 43.9 Å². The number of halogens is 1. The SMILES string of the molecule is C=CCN(CC=C)[C@@H]1c2onc(OCc3ccccc3)c2C(=O)[C@@]2(O[Si](C)(C)C(C)(C)C)C(=O)C3=C(O)c4c(OCc5ccccc5)cc(C5CCCN5C(=O)OC(C)(C)C)c(F)c4C[C@H]3C[C@@H]12. The highest BCUT2D eigenvalue weighted by atomic mass is 28.4. The lowest BCUT2D eigenvalue weighted by Crippen LogP contribution is -2.68. The Morgan fingerprint density at radius 2 is 1.57 bits per heavy atom. The van der Waals surface area contributed by atoms with Crippen LogP contribution in [-0.2, 0) is 33.6 Å². The van der Waals surface area contributed by atoms with Crippen LogP contribution in [0.15, 0.2) is 102 Å². The van der Waals surface area contributed by atoms with Crippen molar-refractivity contribution in [3.63, 3.8) is 0 Å². The predicted octanol–water partition coefficient (Wildman–Crippen LogP) is 11.4. The molecule has 2 heterocycles. The molecule has 5 atom stereocenters. The predicted molar refractivity (Wildman–Crippen MR) is 259 cm³/mol. The molecule has 1 amide bonds. The first-order valence-corrected chi connectivity index (χ1v) is 26.5. The van der Waals surface area contributed by atoms with E-state index in [1.165, 1.54) is 0 Å². The molecule has 1 saturated heterocycles. The highest BCUT2D eigenvalue weighted by Gasteiger charge is 2.69. The molecule has 68 heavy (non-hydrogen) atoms. The largest absolute Gasteiger partial charge is 0.507 e. The fraction of sp³-hybridized carbons (Fsp3) is 0.444. The van der Waals surface area contributed by atoms with Gasteiger partial charge in [-0.15, -0.1) is 13.2 Å². The van der Waals surface area contributed by atoms with Crippen LogP contribution in [0.5, 0.6) is 11.6 Å². The molecule has 0 spiro atoms. The quantitative estimate of drug-likeness (QED) is 0.0733. The summed E-state index contributed by atoms with van der Waals surface area (Å²) in [6, 6.07) is 18.9. The van der Waals surface area contributed by atoms with Crippen LogP contribution in [0.4, 0.5) is 9.18 Å². The molecule has 1 N–H and O–H groups in total. The summed E-state index contributed by atoms with van der Waals surface area (Å²) in [4.78, 5) is 49.4. The molecule has 360 valence electrons. The van der Waals surface area contributed by atoms with Gasteiger partial charge < -0.3 is 33.2 Å². The van der Waals surface area contributed by atoms with Crippen LogP contribution in [0.25, 0.3) is 5.76 Å². The first-order valence-electron chi connectivity index (χ1n) is 23.6. The normalized spacial score (nSPS) is 22.6. The number of ketones is 2. The minimum absolute atomic E-state index is 0.00390. The number of likely N-dealkylation sites (tertiary alicyclic amines) is 1. The van der Waals surface area contributed by atoms with Crippen molar-refractivity contribution in [2.45, 2.75) is 122 Å². The van der Waals surface area contributed by atoms with Crippen LogP contribution < -0.4 is 9.47 Å². The minimum atomic E-state index is -3.08. The maximum atomic E-state index is 17.8. The van der Waals surface area contributed by atoms with E-state index in [9.17, 15) is 9.90 Å². The number of rotatable bonds is 14. The first-order chi connectivity index (χ1) is 32.2. The van der Waals surface area contributed by atoms with Crippen molar-refractivity contribution in [2.75, 3.05) is 19.6 Å². The maximum Gasteiger partial charge on any atom is 0.410 e. The van der Waals surface area contributed by atoms with Crippen molar-refractivity contribution in [2.24, 2.45) is 11.8 Å². The summed E-state index contributed by atoms with van der Waals surface area (Å²) in [5, 5.41) is 16.7. The van der Waals surface area contributed by atoms with Crippen molar-refractivity contribution in [1.82, 2.24) is 15.0 Å². The van der Waals surface area contributed by atoms with Gasteiger partial charge in [-0.05, 0) is 92.9 Å². The molecule has 12 nitrogen and oxygen atoms in total. The third-order valence-corrected chi connectivity index (χ3v) is 18.7. The van der Waals surface area contributed by atoms with Crippen LogP contribution in [0.2, 0.25) is 18.1 Å². The van der Waals surface area contributed by atoms with Crippen LogP contribution >= 0.6 is 0 Å². The number of Topliss-reactive ketones (excluding diaryl/α,β-unsaturated/α-hetero) is 2. The minimum Gasteiger partial charge on any atom is -0.507 e. The Morgan fingerprint density at radius 3 is 2.16 bits per heavy atom. The number of carbonyl (C=O) groups is 3. The van der Waals surface area contributed by atoms with E-state index < -0.39 is 77.7 Å². The molecule has 3 aliphatic carbocycles. The zero-order valence-corrected chi connectivity index (χ0v) is 41.5. The molecule has 0 bridgehead atoms. The van der Waals surface area contributed by atoms with Crippen LogP contribution in [-0.4, -0.2) is 76.9 Å². The highest BCUT2D eigenvalue weighted by molar-refractivity contribution is 6.74. The molecular weight excluding hydrogens is 882 g/mol. The molecule has 14 heteroatoms. The van der Waals surface area contributed by atoms with Gasteiger partial charge in [0, 0.05) is 42.3 Å². The highest BCUT2D eigenvalue weighted by Crippen LogP contribution is 2.60. The van der Waals surface area contributed by atoms with E-state index in [-0.39, 0.29) is 71.3 Å². The van der Waals surface area contributed by atoms with Crippen LogP contribution in [0.1, 0.15) is 117 Å². The molecule has 1 aliphatic heterocycles. The fourth-order valence-electron chi connectivity index (χ4n) is 10.2. The summed E-state index contributed by atoms with van der Waals surface area (Å²) >= 11 is 0. The van der Waals surface area contributed by atoms with Gasteiger partial charge in [0.15, 0.2) is 19.7 Å². The van der Waals surface area contributed by atoms with Crippen molar-refractivity contribution in [3.8, 4) is 11.6 Å². The number of aromatic nitrogens is 1. The second-order valence-electron chi connectivity index (χ2n) is 21.0. The summed E-state index contributed by atoms with van der Waals surface area (Å²) < 4.78 is 49.9. The molecule has 4 aliphatic rings. The molecule has 1 saturated carbocycles. The van der Waals surface area contributed by atoms with E-state index >= 15 is 14.0 Å². The average Bonchev–Trinajstić information content (AvgIpc) is 3.95. The lowest BCUT2D eigenvalue weighted by atomic mass is 9.57. The molecule has 4 aromatic rings. The molecule has 0 radical (unpaired) electrons. The van der Waals surface area contributed by atoms with Gasteiger partial charge in [-0.25, -0.2) is 9.18 Å². The molecule has 1 aromatic heterocycles. The Labute approximate surface area is 399 Å². The van der Waals surface area contributed by atoms with Crippen molar-refractivity contribution in [3.05, 3.63) is 143 Å². The first kappa shape index (κ1) is 48.6. The Balaban J connectivity index is 1.33. The van der Waals surface area contributed by atoms with Gasteiger partial charge >= 0.3 is 6.09 Å². The molecule has 2 fully saturated rings. The number of aliphatic hydroxyl groups excluding tert-OH is 1. The van der Waals surface area contributed by atoms with Crippen LogP contribution in [0.3, 0.4) is 0 Å². The van der Waals surface area contributed by atoms with Gasteiger partial charge in [-0.1, -0.05) is 93.6 Å². The number of fused-ring (bicyclic) bond motifs is 4. The van der Waals surface area contributed by atoms with Gasteiger partial charge in [0.1, 0.15) is 41.7 Å². The summed E-state index contributed by atoms with van der Waals surface area (Å²) in [6.45, 7) is 24.6. The summed E-state index contributed by atoms with van der Waals surface area (Å²) in [6.07, 6.45) is 4.09. The number of benzene rings is 3. The van der Waals surface area contributed by atoms with Crippen molar-refractivity contribution >= 4 is 31.7 Å². The Morgan fingerprint density at radius 1 is 0.956 bits per heavy atom. The van der Waals surface area contributed by atoms with Crippen LogP contribution in [0, 0.1) is 17.7 Å². The van der Waals surface area contributed by atoms with E-state index in [0.717, 1.165) is 11.1 Å².